The Labute approximate surface area is 200 Å². The average Bonchev–Trinajstić information content (AvgIpc) is 3.28. The number of hydrogen-bond acceptors (Lipinski definition) is 3. The Morgan fingerprint density at radius 2 is 1.50 bits per heavy atom. The third kappa shape index (κ3) is 4.50. The Balaban J connectivity index is 1.71. The van der Waals surface area contributed by atoms with E-state index in [1.165, 1.54) is 15.4 Å². The standard InChI is InChI=1S/C26H25N3O4S/c1-3-28(4-2)26(31)25(30)23-17-27-24-15-14-21(16-22(23)24)29(34(32)33)20-12-10-19(11-13-20)18-8-6-5-7-9-18/h5-17,27H,3-4H2,1-2H3,(H,32,33). The zero-order valence-corrected chi connectivity index (χ0v) is 19.7. The normalized spacial score (nSPS) is 11.9. The second-order valence-corrected chi connectivity index (χ2v) is 8.50. The number of fused-ring (bicyclic) bond motifs is 1. The molecule has 0 fully saturated rings. The molecule has 0 aliphatic rings. The summed E-state index contributed by atoms with van der Waals surface area (Å²) in [6.07, 6.45) is 1.51. The van der Waals surface area contributed by atoms with Crippen LogP contribution in [0.15, 0.2) is 79.0 Å². The van der Waals surface area contributed by atoms with Gasteiger partial charge in [0, 0.05) is 30.2 Å². The number of H-pyrrole nitrogens is 1. The van der Waals surface area contributed by atoms with Gasteiger partial charge in [-0.15, -0.1) is 0 Å². The van der Waals surface area contributed by atoms with Gasteiger partial charge in [0.05, 0.1) is 16.9 Å². The highest BCUT2D eigenvalue weighted by Gasteiger charge is 2.25. The minimum atomic E-state index is -2.36. The molecule has 1 unspecified atom stereocenters. The Morgan fingerprint density at radius 3 is 2.12 bits per heavy atom. The molecular weight excluding hydrogens is 450 g/mol. The SMILES string of the molecule is CCN(CC)C(=O)C(=O)c1c[nH]c2ccc(N(c3ccc(-c4ccccc4)cc3)S(=O)O)cc12. The maximum atomic E-state index is 12.9. The smallest absolute Gasteiger partial charge is 0.295 e. The molecule has 3 aromatic carbocycles. The van der Waals surface area contributed by atoms with Gasteiger partial charge in [0.1, 0.15) is 0 Å². The number of nitrogens with zero attached hydrogens (tertiary/aromatic N) is 2. The van der Waals surface area contributed by atoms with Crippen LogP contribution in [0.25, 0.3) is 22.0 Å². The molecule has 1 heterocycles. The zero-order chi connectivity index (χ0) is 24.2. The van der Waals surface area contributed by atoms with Crippen molar-refractivity contribution >= 4 is 45.2 Å². The van der Waals surface area contributed by atoms with Gasteiger partial charge in [0.15, 0.2) is 0 Å². The molecule has 0 saturated carbocycles. The number of aromatic amines is 1. The van der Waals surface area contributed by atoms with Gasteiger partial charge in [-0.1, -0.05) is 42.5 Å². The largest absolute Gasteiger partial charge is 0.360 e. The lowest BCUT2D eigenvalue weighted by Crippen LogP contribution is -2.36. The number of amides is 1. The van der Waals surface area contributed by atoms with Gasteiger partial charge in [-0.05, 0) is 55.3 Å². The van der Waals surface area contributed by atoms with Crippen molar-refractivity contribution in [2.45, 2.75) is 13.8 Å². The number of aromatic nitrogens is 1. The molecule has 4 rings (SSSR count). The summed E-state index contributed by atoms with van der Waals surface area (Å²) >= 11 is -2.36. The number of nitrogens with one attached hydrogen (secondary N) is 1. The minimum Gasteiger partial charge on any atom is -0.360 e. The van der Waals surface area contributed by atoms with Crippen molar-refractivity contribution in [2.24, 2.45) is 0 Å². The van der Waals surface area contributed by atoms with Gasteiger partial charge in [0.25, 0.3) is 23.0 Å². The van der Waals surface area contributed by atoms with E-state index in [4.69, 9.17) is 0 Å². The van der Waals surface area contributed by atoms with E-state index < -0.39 is 23.0 Å². The molecule has 1 amide bonds. The Morgan fingerprint density at radius 1 is 0.882 bits per heavy atom. The summed E-state index contributed by atoms with van der Waals surface area (Å²) < 4.78 is 23.7. The summed E-state index contributed by atoms with van der Waals surface area (Å²) in [5, 5.41) is 0.513. The molecule has 2 N–H and O–H groups in total. The van der Waals surface area contributed by atoms with Crippen molar-refractivity contribution < 1.29 is 18.4 Å². The summed E-state index contributed by atoms with van der Waals surface area (Å²) in [4.78, 5) is 30.0. The molecule has 0 radical (unpaired) electrons. The molecule has 8 heteroatoms. The van der Waals surface area contributed by atoms with Crippen LogP contribution in [0.2, 0.25) is 0 Å². The third-order valence-electron chi connectivity index (χ3n) is 5.75. The van der Waals surface area contributed by atoms with E-state index in [1.54, 1.807) is 30.3 Å². The Hall–Kier alpha value is -3.75. The van der Waals surface area contributed by atoms with Crippen LogP contribution in [-0.2, 0) is 16.1 Å². The van der Waals surface area contributed by atoms with Crippen molar-refractivity contribution in [3.63, 3.8) is 0 Å². The van der Waals surface area contributed by atoms with Crippen LogP contribution >= 0.6 is 0 Å². The predicted molar refractivity (Wildman–Crippen MR) is 135 cm³/mol. The maximum Gasteiger partial charge on any atom is 0.295 e. The van der Waals surface area contributed by atoms with Crippen LogP contribution in [0.4, 0.5) is 11.4 Å². The molecule has 0 aliphatic carbocycles. The van der Waals surface area contributed by atoms with Gasteiger partial charge >= 0.3 is 0 Å². The lowest BCUT2D eigenvalue weighted by Gasteiger charge is -2.21. The van der Waals surface area contributed by atoms with Crippen LogP contribution in [0.3, 0.4) is 0 Å². The van der Waals surface area contributed by atoms with Crippen molar-refractivity contribution in [1.82, 2.24) is 9.88 Å². The summed E-state index contributed by atoms with van der Waals surface area (Å²) in [7, 11) is 0. The van der Waals surface area contributed by atoms with Gasteiger partial charge < -0.3 is 9.88 Å². The summed E-state index contributed by atoms with van der Waals surface area (Å²) in [5.74, 6) is -1.19. The van der Waals surface area contributed by atoms with E-state index in [9.17, 15) is 18.4 Å². The van der Waals surface area contributed by atoms with Crippen molar-refractivity contribution in [2.75, 3.05) is 17.4 Å². The van der Waals surface area contributed by atoms with Crippen molar-refractivity contribution in [3.8, 4) is 11.1 Å². The van der Waals surface area contributed by atoms with Crippen LogP contribution < -0.4 is 4.31 Å². The summed E-state index contributed by atoms with van der Waals surface area (Å²) in [6.45, 7) is 4.51. The van der Waals surface area contributed by atoms with Gasteiger partial charge in [-0.2, -0.15) is 0 Å². The Kier molecular flexibility index (Phi) is 6.90. The lowest BCUT2D eigenvalue weighted by atomic mass is 10.1. The number of likely N-dealkylation sites (N-methyl/N-ethyl adjacent to an activating group) is 1. The highest BCUT2D eigenvalue weighted by Crippen LogP contribution is 2.32. The summed E-state index contributed by atoms with van der Waals surface area (Å²) in [6, 6.07) is 22.2. The van der Waals surface area contributed by atoms with Crippen molar-refractivity contribution in [3.05, 3.63) is 84.6 Å². The molecule has 1 atom stereocenters. The van der Waals surface area contributed by atoms with Crippen molar-refractivity contribution in [1.29, 1.82) is 0 Å². The molecule has 0 saturated heterocycles. The summed E-state index contributed by atoms with van der Waals surface area (Å²) in [5.41, 5.74) is 3.85. The number of carbonyl (C=O) groups is 2. The average molecular weight is 476 g/mol. The molecule has 0 aliphatic heterocycles. The molecule has 174 valence electrons. The second kappa shape index (κ2) is 10.0. The van der Waals surface area contributed by atoms with Crippen LogP contribution in [0.1, 0.15) is 24.2 Å². The first-order valence-electron chi connectivity index (χ1n) is 11.0. The number of carbonyl (C=O) groups excluding carboxylic acids is 2. The molecule has 34 heavy (non-hydrogen) atoms. The van der Waals surface area contributed by atoms with Crippen LogP contribution in [0, 0.1) is 0 Å². The molecular formula is C26H25N3O4S. The topological polar surface area (TPSA) is 93.7 Å². The number of Topliss-reactive ketones (excluding diaryl/α,β-unsaturated/α-hetero) is 1. The van der Waals surface area contributed by atoms with Gasteiger partial charge in [-0.25, -0.2) is 8.51 Å². The Bertz CT molecular complexity index is 1350. The highest BCUT2D eigenvalue weighted by atomic mass is 32.2. The number of benzene rings is 3. The fourth-order valence-electron chi connectivity index (χ4n) is 3.94. The van der Waals surface area contributed by atoms with E-state index in [0.29, 0.717) is 35.4 Å². The van der Waals surface area contributed by atoms with E-state index >= 15 is 0 Å². The van der Waals surface area contributed by atoms with Crippen LogP contribution in [0.5, 0.6) is 0 Å². The van der Waals surface area contributed by atoms with Crippen LogP contribution in [-0.4, -0.2) is 43.4 Å². The number of ketones is 1. The maximum absolute atomic E-state index is 12.9. The first kappa shape index (κ1) is 23.4. The monoisotopic (exact) mass is 475 g/mol. The number of rotatable bonds is 8. The predicted octanol–water partition coefficient (Wildman–Crippen LogP) is 5.16. The van der Waals surface area contributed by atoms with E-state index in [1.807, 2.05) is 56.3 Å². The lowest BCUT2D eigenvalue weighted by molar-refractivity contribution is -0.126. The van der Waals surface area contributed by atoms with Gasteiger partial charge in [0.2, 0.25) is 0 Å². The zero-order valence-electron chi connectivity index (χ0n) is 18.9. The number of anilines is 2. The first-order chi connectivity index (χ1) is 16.4. The molecule has 0 spiro atoms. The minimum absolute atomic E-state index is 0.233. The quantitative estimate of drug-likeness (QED) is 0.209. The molecule has 0 bridgehead atoms. The van der Waals surface area contributed by atoms with E-state index in [-0.39, 0.29) is 5.56 Å². The third-order valence-corrected chi connectivity index (χ3v) is 6.49. The first-order valence-corrected chi connectivity index (χ1v) is 12.0. The highest BCUT2D eigenvalue weighted by molar-refractivity contribution is 7.81. The fourth-order valence-corrected chi connectivity index (χ4v) is 4.54. The van der Waals surface area contributed by atoms with Gasteiger partial charge in [-0.3, -0.25) is 14.1 Å². The van der Waals surface area contributed by atoms with E-state index in [2.05, 4.69) is 4.98 Å². The molecule has 4 aromatic rings. The van der Waals surface area contributed by atoms with E-state index in [0.717, 1.165) is 11.1 Å². The fraction of sp³-hybridized carbons (Fsp3) is 0.154. The number of hydrogen-bond donors (Lipinski definition) is 2. The molecule has 7 nitrogen and oxygen atoms in total. The second-order valence-electron chi connectivity index (χ2n) is 7.68. The molecule has 1 aromatic heterocycles.